The molecule has 0 saturated carbocycles. The van der Waals surface area contributed by atoms with E-state index in [1.54, 1.807) is 6.07 Å². The minimum atomic E-state index is -0.748. The van der Waals surface area contributed by atoms with Crippen LogP contribution < -0.4 is 5.32 Å². The zero-order valence-electron chi connectivity index (χ0n) is 10.2. The Morgan fingerprint density at radius 2 is 2.11 bits per heavy atom. The van der Waals surface area contributed by atoms with Crippen LogP contribution in [-0.4, -0.2) is 30.5 Å². The van der Waals surface area contributed by atoms with Crippen LogP contribution in [0.3, 0.4) is 0 Å². The van der Waals surface area contributed by atoms with Gasteiger partial charge < -0.3 is 10.1 Å². The van der Waals surface area contributed by atoms with Gasteiger partial charge in [0.2, 0.25) is 0 Å². The first-order valence-electron chi connectivity index (χ1n) is 5.33. The fourth-order valence-electron chi connectivity index (χ4n) is 1.21. The van der Waals surface area contributed by atoms with Gasteiger partial charge in [-0.2, -0.15) is 0 Å². The number of amides is 1. The van der Waals surface area contributed by atoms with Crippen molar-refractivity contribution in [2.45, 2.75) is 0 Å². The summed E-state index contributed by atoms with van der Waals surface area (Å²) in [4.78, 5) is 32.3. The standard InChI is InChI=1S/C12H12N2O5/c1-13-11(15)8-19-12(16)7-6-9-4-2-3-5-10(9)14(17)18/h2-7H,8H2,1H3,(H,13,15)/b7-6+. The molecule has 7 heteroatoms. The number of likely N-dealkylation sites (N-methyl/N-ethyl adjacent to an activating group) is 1. The third kappa shape index (κ3) is 4.58. The lowest BCUT2D eigenvalue weighted by Crippen LogP contribution is -2.24. The zero-order chi connectivity index (χ0) is 14.3. The lowest BCUT2D eigenvalue weighted by Gasteiger charge is -2.00. The summed E-state index contributed by atoms with van der Waals surface area (Å²) in [6.07, 6.45) is 2.30. The summed E-state index contributed by atoms with van der Waals surface area (Å²) in [7, 11) is 1.42. The highest BCUT2D eigenvalue weighted by atomic mass is 16.6. The number of nitro benzene ring substituents is 1. The molecule has 7 nitrogen and oxygen atoms in total. The highest BCUT2D eigenvalue weighted by molar-refractivity contribution is 5.89. The monoisotopic (exact) mass is 264 g/mol. The maximum atomic E-state index is 11.3. The van der Waals surface area contributed by atoms with Crippen LogP contribution >= 0.6 is 0 Å². The van der Waals surface area contributed by atoms with Crippen molar-refractivity contribution in [3.8, 4) is 0 Å². The number of nitro groups is 1. The number of nitrogens with zero attached hydrogens (tertiary/aromatic N) is 1. The number of carbonyl (C=O) groups excluding carboxylic acids is 2. The molecule has 0 bridgehead atoms. The highest BCUT2D eigenvalue weighted by Crippen LogP contribution is 2.18. The SMILES string of the molecule is CNC(=O)COC(=O)/C=C/c1ccccc1[N+](=O)[O-]. The Morgan fingerprint density at radius 1 is 1.42 bits per heavy atom. The van der Waals surface area contributed by atoms with Crippen LogP contribution in [0.5, 0.6) is 0 Å². The van der Waals surface area contributed by atoms with Crippen molar-refractivity contribution >= 4 is 23.6 Å². The molecule has 0 aliphatic heterocycles. The fraction of sp³-hybridized carbons (Fsp3) is 0.167. The van der Waals surface area contributed by atoms with Crippen LogP contribution in [0.2, 0.25) is 0 Å². The van der Waals surface area contributed by atoms with Crippen molar-refractivity contribution in [2.24, 2.45) is 0 Å². The van der Waals surface area contributed by atoms with Gasteiger partial charge in [-0.15, -0.1) is 0 Å². The van der Waals surface area contributed by atoms with E-state index in [4.69, 9.17) is 0 Å². The van der Waals surface area contributed by atoms with E-state index in [-0.39, 0.29) is 11.3 Å². The normalized spacial score (nSPS) is 10.2. The summed E-state index contributed by atoms with van der Waals surface area (Å²) in [5, 5.41) is 13.0. The Bertz CT molecular complexity index is 525. The molecule has 100 valence electrons. The number of ether oxygens (including phenoxy) is 1. The Morgan fingerprint density at radius 3 is 2.74 bits per heavy atom. The van der Waals surface area contributed by atoms with E-state index in [0.29, 0.717) is 0 Å². The average molecular weight is 264 g/mol. The smallest absolute Gasteiger partial charge is 0.331 e. The van der Waals surface area contributed by atoms with E-state index >= 15 is 0 Å². The van der Waals surface area contributed by atoms with E-state index in [9.17, 15) is 19.7 Å². The van der Waals surface area contributed by atoms with Crippen molar-refractivity contribution in [1.82, 2.24) is 5.32 Å². The molecule has 1 aromatic carbocycles. The van der Waals surface area contributed by atoms with Crippen LogP contribution in [0.1, 0.15) is 5.56 Å². The molecule has 0 saturated heterocycles. The molecule has 0 atom stereocenters. The van der Waals surface area contributed by atoms with Crippen LogP contribution in [0.25, 0.3) is 6.08 Å². The van der Waals surface area contributed by atoms with Gasteiger partial charge in [0.25, 0.3) is 11.6 Å². The molecule has 0 unspecified atom stereocenters. The van der Waals surface area contributed by atoms with Gasteiger partial charge in [-0.3, -0.25) is 14.9 Å². The minimum Gasteiger partial charge on any atom is -0.452 e. The summed E-state index contributed by atoms with van der Waals surface area (Å²) in [5.41, 5.74) is 0.169. The Labute approximate surface area is 109 Å². The summed E-state index contributed by atoms with van der Waals surface area (Å²) in [6.45, 7) is -0.392. The maximum absolute atomic E-state index is 11.3. The first-order valence-corrected chi connectivity index (χ1v) is 5.33. The molecule has 0 spiro atoms. The summed E-state index contributed by atoms with van der Waals surface area (Å²) < 4.78 is 4.61. The molecule has 0 heterocycles. The second-order valence-corrected chi connectivity index (χ2v) is 3.43. The van der Waals surface area contributed by atoms with Crippen molar-refractivity contribution in [3.05, 3.63) is 46.0 Å². The second-order valence-electron chi connectivity index (χ2n) is 3.43. The minimum absolute atomic E-state index is 0.113. The topological polar surface area (TPSA) is 98.5 Å². The lowest BCUT2D eigenvalue weighted by molar-refractivity contribution is -0.385. The zero-order valence-corrected chi connectivity index (χ0v) is 10.2. The predicted octanol–water partition coefficient (Wildman–Crippen LogP) is 0.897. The lowest BCUT2D eigenvalue weighted by atomic mass is 10.1. The summed E-state index contributed by atoms with van der Waals surface area (Å²) >= 11 is 0. The molecule has 0 fully saturated rings. The highest BCUT2D eigenvalue weighted by Gasteiger charge is 2.10. The van der Waals surface area contributed by atoms with Crippen molar-refractivity contribution < 1.29 is 19.2 Å². The number of rotatable bonds is 5. The summed E-state index contributed by atoms with van der Waals surface area (Å²) in [5.74, 6) is -1.19. The van der Waals surface area contributed by atoms with Gasteiger partial charge in [0.1, 0.15) is 0 Å². The van der Waals surface area contributed by atoms with E-state index in [1.807, 2.05) is 0 Å². The number of nitrogens with one attached hydrogen (secondary N) is 1. The maximum Gasteiger partial charge on any atom is 0.331 e. The first-order chi connectivity index (χ1) is 9.04. The van der Waals surface area contributed by atoms with E-state index in [2.05, 4.69) is 10.1 Å². The molecule has 0 aliphatic carbocycles. The van der Waals surface area contributed by atoms with E-state index in [1.165, 1.54) is 31.3 Å². The van der Waals surface area contributed by atoms with Crippen molar-refractivity contribution in [3.63, 3.8) is 0 Å². The van der Waals surface area contributed by atoms with Crippen LogP contribution in [0.4, 0.5) is 5.69 Å². The van der Waals surface area contributed by atoms with Crippen LogP contribution in [0.15, 0.2) is 30.3 Å². The third-order valence-corrected chi connectivity index (χ3v) is 2.16. The predicted molar refractivity (Wildman–Crippen MR) is 67.2 cm³/mol. The number of benzene rings is 1. The second kappa shape index (κ2) is 6.90. The van der Waals surface area contributed by atoms with Gasteiger partial charge in [0, 0.05) is 19.2 Å². The number of hydrogen-bond donors (Lipinski definition) is 1. The van der Waals surface area contributed by atoms with Crippen LogP contribution in [0, 0.1) is 10.1 Å². The molecule has 0 aromatic heterocycles. The number of carbonyl (C=O) groups is 2. The average Bonchev–Trinajstić information content (AvgIpc) is 2.42. The van der Waals surface area contributed by atoms with E-state index < -0.39 is 23.4 Å². The Kier molecular flexibility index (Phi) is 5.21. The first kappa shape index (κ1) is 14.4. The molecule has 1 N–H and O–H groups in total. The molecule has 0 aliphatic rings. The van der Waals surface area contributed by atoms with Gasteiger partial charge in [0.05, 0.1) is 10.5 Å². The van der Waals surface area contributed by atoms with Crippen LogP contribution in [-0.2, 0) is 14.3 Å². The quantitative estimate of drug-likeness (QED) is 0.368. The van der Waals surface area contributed by atoms with Gasteiger partial charge >= 0.3 is 5.97 Å². The van der Waals surface area contributed by atoms with E-state index in [0.717, 1.165) is 6.08 Å². The third-order valence-electron chi connectivity index (χ3n) is 2.16. The van der Waals surface area contributed by atoms with Crippen molar-refractivity contribution in [1.29, 1.82) is 0 Å². The van der Waals surface area contributed by atoms with Gasteiger partial charge in [0.15, 0.2) is 6.61 Å². The molecule has 1 rings (SSSR count). The van der Waals surface area contributed by atoms with Gasteiger partial charge in [-0.05, 0) is 12.1 Å². The summed E-state index contributed by atoms with van der Waals surface area (Å²) in [6, 6.07) is 5.97. The van der Waals surface area contributed by atoms with Gasteiger partial charge in [-0.25, -0.2) is 4.79 Å². The molecule has 0 radical (unpaired) electrons. The molecular formula is C12H12N2O5. The molecule has 1 aromatic rings. The molecular weight excluding hydrogens is 252 g/mol. The van der Waals surface area contributed by atoms with Crippen molar-refractivity contribution in [2.75, 3.05) is 13.7 Å². The van der Waals surface area contributed by atoms with Gasteiger partial charge in [-0.1, -0.05) is 12.1 Å². The number of para-hydroxylation sites is 1. The molecule has 1 amide bonds. The number of hydrogen-bond acceptors (Lipinski definition) is 5. The Balaban J connectivity index is 2.69. The molecule has 19 heavy (non-hydrogen) atoms. The Hall–Kier alpha value is -2.70. The fourth-order valence-corrected chi connectivity index (χ4v) is 1.21. The largest absolute Gasteiger partial charge is 0.452 e. The number of esters is 1.